The quantitative estimate of drug-likeness (QED) is 0.588. The van der Waals surface area contributed by atoms with Gasteiger partial charge in [-0.15, -0.1) is 0 Å². The van der Waals surface area contributed by atoms with Crippen LogP contribution in [-0.4, -0.2) is 31.5 Å². The Bertz CT molecular complexity index is 1020. The summed E-state index contributed by atoms with van der Waals surface area (Å²) in [6, 6.07) is 10.8. The van der Waals surface area contributed by atoms with Gasteiger partial charge in [-0.1, -0.05) is 19.1 Å². The van der Waals surface area contributed by atoms with Crippen molar-refractivity contribution < 1.29 is 18.1 Å². The Morgan fingerprint density at radius 1 is 1.25 bits per heavy atom. The van der Waals surface area contributed by atoms with Crippen LogP contribution in [0, 0.1) is 10.1 Å². The molecule has 0 spiro atoms. The molecule has 2 aromatic carbocycles. The van der Waals surface area contributed by atoms with Crippen LogP contribution in [0.3, 0.4) is 0 Å². The summed E-state index contributed by atoms with van der Waals surface area (Å²) in [6.07, 6.45) is 1.93. The van der Waals surface area contributed by atoms with Gasteiger partial charge in [-0.05, 0) is 49.1 Å². The minimum absolute atomic E-state index is 0.0302. The lowest BCUT2D eigenvalue weighted by Crippen LogP contribution is -2.37. The molecule has 148 valence electrons. The van der Waals surface area contributed by atoms with Gasteiger partial charge >= 0.3 is 0 Å². The van der Waals surface area contributed by atoms with E-state index in [1.54, 1.807) is 24.3 Å². The van der Waals surface area contributed by atoms with E-state index < -0.39 is 20.9 Å². The molecule has 0 bridgehead atoms. The van der Waals surface area contributed by atoms with E-state index in [1.807, 2.05) is 6.92 Å². The number of nitrogens with zero attached hydrogens (tertiary/aromatic N) is 2. The molecule has 2 aromatic rings. The van der Waals surface area contributed by atoms with Crippen molar-refractivity contribution in [3.8, 4) is 0 Å². The number of nitro benzene ring substituents is 1. The summed E-state index contributed by atoms with van der Waals surface area (Å²) in [6.45, 7) is 2.26. The number of rotatable bonds is 6. The number of carbonyl (C=O) groups is 1. The van der Waals surface area contributed by atoms with E-state index in [9.17, 15) is 23.3 Å². The molecule has 1 N–H and O–H groups in total. The van der Waals surface area contributed by atoms with Gasteiger partial charge in [0.15, 0.2) is 0 Å². The van der Waals surface area contributed by atoms with E-state index >= 15 is 0 Å². The molecule has 1 heterocycles. The lowest BCUT2D eigenvalue weighted by molar-refractivity contribution is -0.385. The summed E-state index contributed by atoms with van der Waals surface area (Å²) >= 11 is 0. The van der Waals surface area contributed by atoms with E-state index in [0.29, 0.717) is 37.2 Å². The van der Waals surface area contributed by atoms with Crippen molar-refractivity contribution >= 4 is 33.0 Å². The topological polar surface area (TPSA) is 110 Å². The van der Waals surface area contributed by atoms with Crippen LogP contribution in [0.1, 0.15) is 35.7 Å². The first-order chi connectivity index (χ1) is 13.3. The number of anilines is 2. The third-order valence-electron chi connectivity index (χ3n) is 4.56. The van der Waals surface area contributed by atoms with Gasteiger partial charge in [0.1, 0.15) is 5.56 Å². The first-order valence-corrected chi connectivity index (χ1v) is 10.6. The zero-order valence-corrected chi connectivity index (χ0v) is 16.2. The monoisotopic (exact) mass is 403 g/mol. The van der Waals surface area contributed by atoms with Crippen molar-refractivity contribution in [3.05, 3.63) is 63.7 Å². The maximum atomic E-state index is 12.5. The van der Waals surface area contributed by atoms with Gasteiger partial charge in [-0.3, -0.25) is 19.2 Å². The highest BCUT2D eigenvalue weighted by Gasteiger charge is 2.27. The molecule has 0 aliphatic carbocycles. The predicted octanol–water partition coefficient (Wildman–Crippen LogP) is 3.34. The molecule has 1 aliphatic rings. The Labute approximate surface area is 163 Å². The molecule has 0 fully saturated rings. The second kappa shape index (κ2) is 7.97. The Morgan fingerprint density at radius 3 is 2.71 bits per heavy atom. The number of sulfonamides is 1. The fourth-order valence-corrected chi connectivity index (χ4v) is 4.94. The number of carbonyl (C=O) groups excluding carboxylic acids is 1. The Hall–Kier alpha value is -2.94. The van der Waals surface area contributed by atoms with E-state index in [1.165, 1.54) is 22.5 Å². The van der Waals surface area contributed by atoms with Crippen LogP contribution < -0.4 is 9.62 Å². The molecule has 0 saturated carbocycles. The van der Waals surface area contributed by atoms with Crippen LogP contribution in [0.2, 0.25) is 0 Å². The predicted molar refractivity (Wildman–Crippen MR) is 107 cm³/mol. The first kappa shape index (κ1) is 19.8. The van der Waals surface area contributed by atoms with Crippen LogP contribution in [0.15, 0.2) is 42.5 Å². The molecule has 1 amide bonds. The fraction of sp³-hybridized carbons (Fsp3) is 0.316. The summed E-state index contributed by atoms with van der Waals surface area (Å²) in [4.78, 5) is 23.0. The Kier molecular flexibility index (Phi) is 5.64. The SMILES string of the molecule is CCCS(=O)(=O)N1CCCc2cc(NC(=O)c3ccccc3[N+](=O)[O-])ccc21. The summed E-state index contributed by atoms with van der Waals surface area (Å²) in [5.74, 6) is -0.499. The molecule has 0 atom stereocenters. The highest BCUT2D eigenvalue weighted by atomic mass is 32.2. The standard InChI is InChI=1S/C19H21N3O5S/c1-2-12-28(26,27)21-11-5-6-14-13-15(9-10-17(14)21)20-19(23)16-7-3-4-8-18(16)22(24)25/h3-4,7-10,13H,2,5-6,11-12H2,1H3,(H,20,23). The Morgan fingerprint density at radius 2 is 2.00 bits per heavy atom. The van der Waals surface area contributed by atoms with Gasteiger partial charge in [0.2, 0.25) is 10.0 Å². The fourth-order valence-electron chi connectivity index (χ4n) is 3.32. The second-order valence-electron chi connectivity index (χ2n) is 6.56. The average Bonchev–Trinajstić information content (AvgIpc) is 2.67. The highest BCUT2D eigenvalue weighted by molar-refractivity contribution is 7.92. The van der Waals surface area contributed by atoms with Crippen molar-refractivity contribution in [2.75, 3.05) is 21.9 Å². The maximum Gasteiger partial charge on any atom is 0.282 e. The first-order valence-electron chi connectivity index (χ1n) is 9.01. The molecule has 28 heavy (non-hydrogen) atoms. The molecular formula is C19H21N3O5S. The number of aryl methyl sites for hydroxylation is 1. The summed E-state index contributed by atoms with van der Waals surface area (Å²) in [5, 5.41) is 13.8. The van der Waals surface area contributed by atoms with Crippen molar-refractivity contribution in [1.82, 2.24) is 0 Å². The molecule has 0 saturated heterocycles. The maximum absolute atomic E-state index is 12.5. The van der Waals surface area contributed by atoms with Gasteiger partial charge in [-0.2, -0.15) is 0 Å². The molecule has 9 heteroatoms. The van der Waals surface area contributed by atoms with Gasteiger partial charge in [-0.25, -0.2) is 8.42 Å². The zero-order chi connectivity index (χ0) is 20.3. The number of fused-ring (bicyclic) bond motifs is 1. The van der Waals surface area contributed by atoms with E-state index in [-0.39, 0.29) is 17.0 Å². The van der Waals surface area contributed by atoms with Gasteiger partial charge in [0.05, 0.1) is 16.4 Å². The number of nitro groups is 1. The third kappa shape index (κ3) is 3.99. The van der Waals surface area contributed by atoms with E-state index in [2.05, 4.69) is 5.32 Å². The van der Waals surface area contributed by atoms with Gasteiger partial charge in [0.25, 0.3) is 11.6 Å². The number of para-hydroxylation sites is 1. The molecule has 3 rings (SSSR count). The summed E-state index contributed by atoms with van der Waals surface area (Å²) < 4.78 is 26.4. The largest absolute Gasteiger partial charge is 0.322 e. The van der Waals surface area contributed by atoms with Crippen molar-refractivity contribution in [2.45, 2.75) is 26.2 Å². The number of hydrogen-bond donors (Lipinski definition) is 1. The third-order valence-corrected chi connectivity index (χ3v) is 6.53. The summed E-state index contributed by atoms with van der Waals surface area (Å²) in [5.41, 5.74) is 1.62. The van der Waals surface area contributed by atoms with Crippen molar-refractivity contribution in [1.29, 1.82) is 0 Å². The van der Waals surface area contributed by atoms with E-state index in [4.69, 9.17) is 0 Å². The minimum atomic E-state index is -3.37. The number of amides is 1. The van der Waals surface area contributed by atoms with Crippen molar-refractivity contribution in [2.24, 2.45) is 0 Å². The summed E-state index contributed by atoms with van der Waals surface area (Å²) in [7, 11) is -3.37. The molecule has 8 nitrogen and oxygen atoms in total. The lowest BCUT2D eigenvalue weighted by atomic mass is 10.0. The second-order valence-corrected chi connectivity index (χ2v) is 8.58. The lowest BCUT2D eigenvalue weighted by Gasteiger charge is -2.30. The number of nitrogens with one attached hydrogen (secondary N) is 1. The van der Waals surface area contributed by atoms with Crippen LogP contribution in [0.5, 0.6) is 0 Å². The molecule has 0 radical (unpaired) electrons. The van der Waals surface area contributed by atoms with Gasteiger partial charge in [0, 0.05) is 18.3 Å². The molecule has 0 unspecified atom stereocenters. The molecule has 0 aromatic heterocycles. The van der Waals surface area contributed by atoms with Crippen LogP contribution in [0.4, 0.5) is 17.1 Å². The zero-order valence-electron chi connectivity index (χ0n) is 15.4. The highest BCUT2D eigenvalue weighted by Crippen LogP contribution is 2.32. The minimum Gasteiger partial charge on any atom is -0.322 e. The Balaban J connectivity index is 1.87. The average molecular weight is 403 g/mol. The van der Waals surface area contributed by atoms with Crippen LogP contribution >= 0.6 is 0 Å². The van der Waals surface area contributed by atoms with Gasteiger partial charge < -0.3 is 5.32 Å². The number of benzene rings is 2. The van der Waals surface area contributed by atoms with Crippen molar-refractivity contribution in [3.63, 3.8) is 0 Å². The molecule has 1 aliphatic heterocycles. The normalized spacial score (nSPS) is 13.7. The smallest absolute Gasteiger partial charge is 0.282 e. The van der Waals surface area contributed by atoms with Crippen LogP contribution in [-0.2, 0) is 16.4 Å². The van der Waals surface area contributed by atoms with Crippen LogP contribution in [0.25, 0.3) is 0 Å². The van der Waals surface area contributed by atoms with E-state index in [0.717, 1.165) is 5.56 Å². The number of hydrogen-bond acceptors (Lipinski definition) is 5. The molecular weight excluding hydrogens is 382 g/mol.